The van der Waals surface area contributed by atoms with Gasteiger partial charge in [-0.15, -0.1) is 0 Å². The van der Waals surface area contributed by atoms with Crippen molar-refractivity contribution in [1.82, 2.24) is 9.97 Å². The molecule has 1 aromatic carbocycles. The molecule has 0 aliphatic carbocycles. The van der Waals surface area contributed by atoms with Gasteiger partial charge in [0, 0.05) is 6.07 Å². The molecular formula is C12H8BrFN4. The van der Waals surface area contributed by atoms with Crippen LogP contribution in [0.5, 0.6) is 0 Å². The van der Waals surface area contributed by atoms with Crippen molar-refractivity contribution in [3.8, 4) is 6.07 Å². The SMILES string of the molecule is Cc1nc(Br)cc(Nc2cccc(F)c2C#N)n1. The Hall–Kier alpha value is -2.00. The average Bonchev–Trinajstić information content (AvgIpc) is 2.27. The predicted octanol–water partition coefficient (Wildman–Crippen LogP) is 3.30. The Labute approximate surface area is 112 Å². The summed E-state index contributed by atoms with van der Waals surface area (Å²) >= 11 is 3.25. The van der Waals surface area contributed by atoms with E-state index >= 15 is 0 Å². The van der Waals surface area contributed by atoms with Gasteiger partial charge in [-0.3, -0.25) is 0 Å². The minimum atomic E-state index is -0.563. The number of hydrogen-bond acceptors (Lipinski definition) is 4. The molecule has 2 rings (SSSR count). The quantitative estimate of drug-likeness (QED) is 0.865. The van der Waals surface area contributed by atoms with Gasteiger partial charge < -0.3 is 5.32 Å². The highest BCUT2D eigenvalue weighted by atomic mass is 79.9. The fourth-order valence-electron chi connectivity index (χ4n) is 1.48. The smallest absolute Gasteiger partial charge is 0.143 e. The van der Waals surface area contributed by atoms with Gasteiger partial charge >= 0.3 is 0 Å². The summed E-state index contributed by atoms with van der Waals surface area (Å²) in [5, 5.41) is 11.8. The Balaban J connectivity index is 2.40. The molecule has 2 aromatic rings. The lowest BCUT2D eigenvalue weighted by Gasteiger charge is -2.08. The first-order chi connectivity index (χ1) is 8.60. The molecule has 1 heterocycles. The number of hydrogen-bond donors (Lipinski definition) is 1. The summed E-state index contributed by atoms with van der Waals surface area (Å²) in [5.41, 5.74) is 0.340. The van der Waals surface area contributed by atoms with Crippen LogP contribution in [-0.2, 0) is 0 Å². The summed E-state index contributed by atoms with van der Waals surface area (Å²) in [5.74, 6) is 0.505. The second kappa shape index (κ2) is 5.10. The van der Waals surface area contributed by atoms with E-state index in [0.29, 0.717) is 21.9 Å². The molecule has 1 aromatic heterocycles. The minimum Gasteiger partial charge on any atom is -0.339 e. The lowest BCUT2D eigenvalue weighted by atomic mass is 10.2. The summed E-state index contributed by atoms with van der Waals surface area (Å²) in [7, 11) is 0. The largest absolute Gasteiger partial charge is 0.339 e. The van der Waals surface area contributed by atoms with Crippen molar-refractivity contribution >= 4 is 27.4 Å². The molecule has 0 unspecified atom stereocenters. The molecule has 0 aliphatic rings. The highest BCUT2D eigenvalue weighted by Gasteiger charge is 2.09. The van der Waals surface area contributed by atoms with E-state index in [9.17, 15) is 4.39 Å². The van der Waals surface area contributed by atoms with Gasteiger partial charge in [-0.25, -0.2) is 14.4 Å². The van der Waals surface area contributed by atoms with E-state index in [1.807, 2.05) is 6.07 Å². The molecule has 4 nitrogen and oxygen atoms in total. The molecule has 90 valence electrons. The number of nitriles is 1. The Morgan fingerprint density at radius 1 is 1.39 bits per heavy atom. The Morgan fingerprint density at radius 3 is 2.83 bits per heavy atom. The first kappa shape index (κ1) is 12.5. The topological polar surface area (TPSA) is 61.6 Å². The number of nitrogens with one attached hydrogen (secondary N) is 1. The zero-order valence-electron chi connectivity index (χ0n) is 9.41. The molecule has 0 amide bonds. The van der Waals surface area contributed by atoms with E-state index in [-0.39, 0.29) is 5.56 Å². The summed E-state index contributed by atoms with van der Waals surface area (Å²) < 4.78 is 14.0. The maximum Gasteiger partial charge on any atom is 0.143 e. The number of benzene rings is 1. The second-order valence-corrected chi connectivity index (χ2v) is 4.33. The Morgan fingerprint density at radius 2 is 2.17 bits per heavy atom. The van der Waals surface area contributed by atoms with Crippen LogP contribution in [0.25, 0.3) is 0 Å². The molecule has 0 radical (unpaired) electrons. The van der Waals surface area contributed by atoms with Crippen LogP contribution >= 0.6 is 15.9 Å². The van der Waals surface area contributed by atoms with Crippen molar-refractivity contribution in [1.29, 1.82) is 5.26 Å². The van der Waals surface area contributed by atoms with Gasteiger partial charge in [0.15, 0.2) is 0 Å². The van der Waals surface area contributed by atoms with Gasteiger partial charge in [0.1, 0.15) is 33.7 Å². The van der Waals surface area contributed by atoms with Gasteiger partial charge in [-0.05, 0) is 35.0 Å². The molecule has 18 heavy (non-hydrogen) atoms. The number of nitrogens with zero attached hydrogens (tertiary/aromatic N) is 3. The standard InChI is InChI=1S/C12H8BrFN4/c1-7-16-11(13)5-12(17-7)18-10-4-2-3-9(14)8(10)6-15/h2-5H,1H3,(H,16,17,18). The van der Waals surface area contributed by atoms with Crippen molar-refractivity contribution in [3.63, 3.8) is 0 Å². The molecule has 0 aliphatic heterocycles. The summed E-state index contributed by atoms with van der Waals surface area (Å²) in [6, 6.07) is 7.86. The first-order valence-electron chi connectivity index (χ1n) is 5.07. The maximum absolute atomic E-state index is 13.4. The van der Waals surface area contributed by atoms with Crippen LogP contribution in [0.1, 0.15) is 11.4 Å². The summed E-state index contributed by atoms with van der Waals surface area (Å²) in [4.78, 5) is 8.21. The third-order valence-electron chi connectivity index (χ3n) is 2.19. The van der Waals surface area contributed by atoms with E-state index in [2.05, 4.69) is 31.2 Å². The summed E-state index contributed by atoms with van der Waals surface area (Å²) in [6.45, 7) is 1.74. The highest BCUT2D eigenvalue weighted by Crippen LogP contribution is 2.22. The molecule has 1 N–H and O–H groups in total. The van der Waals surface area contributed by atoms with Gasteiger partial charge in [0.25, 0.3) is 0 Å². The van der Waals surface area contributed by atoms with E-state index < -0.39 is 5.82 Å². The number of rotatable bonds is 2. The van der Waals surface area contributed by atoms with Crippen LogP contribution in [0.15, 0.2) is 28.9 Å². The average molecular weight is 307 g/mol. The van der Waals surface area contributed by atoms with Crippen molar-refractivity contribution in [2.75, 3.05) is 5.32 Å². The Bertz CT molecular complexity index is 616. The third-order valence-corrected chi connectivity index (χ3v) is 2.60. The molecular weight excluding hydrogens is 299 g/mol. The van der Waals surface area contributed by atoms with Crippen molar-refractivity contribution in [3.05, 3.63) is 46.1 Å². The molecule has 6 heteroatoms. The van der Waals surface area contributed by atoms with Crippen LogP contribution in [0, 0.1) is 24.1 Å². The van der Waals surface area contributed by atoms with E-state index in [1.165, 1.54) is 12.1 Å². The van der Waals surface area contributed by atoms with Gasteiger partial charge in [0.05, 0.1) is 5.69 Å². The Kier molecular flexibility index (Phi) is 3.53. The van der Waals surface area contributed by atoms with Crippen LogP contribution in [0.2, 0.25) is 0 Å². The van der Waals surface area contributed by atoms with Crippen molar-refractivity contribution in [2.24, 2.45) is 0 Å². The molecule has 0 spiro atoms. The third kappa shape index (κ3) is 2.63. The number of anilines is 2. The molecule has 0 bridgehead atoms. The monoisotopic (exact) mass is 306 g/mol. The van der Waals surface area contributed by atoms with Crippen LogP contribution in [-0.4, -0.2) is 9.97 Å². The minimum absolute atomic E-state index is 0.0371. The highest BCUT2D eigenvalue weighted by molar-refractivity contribution is 9.10. The number of aryl methyl sites for hydroxylation is 1. The van der Waals surface area contributed by atoms with E-state index in [0.717, 1.165) is 0 Å². The van der Waals surface area contributed by atoms with Gasteiger partial charge in [0.2, 0.25) is 0 Å². The predicted molar refractivity (Wildman–Crippen MR) is 68.9 cm³/mol. The van der Waals surface area contributed by atoms with E-state index in [1.54, 1.807) is 19.1 Å². The van der Waals surface area contributed by atoms with Crippen LogP contribution < -0.4 is 5.32 Å². The number of aromatic nitrogens is 2. The summed E-state index contributed by atoms with van der Waals surface area (Å²) in [6.07, 6.45) is 0. The molecule has 0 saturated heterocycles. The maximum atomic E-state index is 13.4. The zero-order valence-corrected chi connectivity index (χ0v) is 11.0. The van der Waals surface area contributed by atoms with Crippen LogP contribution in [0.3, 0.4) is 0 Å². The fourth-order valence-corrected chi connectivity index (χ4v) is 1.95. The van der Waals surface area contributed by atoms with Crippen LogP contribution in [0.4, 0.5) is 15.9 Å². The second-order valence-electron chi connectivity index (χ2n) is 3.52. The lowest BCUT2D eigenvalue weighted by molar-refractivity contribution is 0.624. The zero-order chi connectivity index (χ0) is 13.1. The van der Waals surface area contributed by atoms with Crippen molar-refractivity contribution in [2.45, 2.75) is 6.92 Å². The van der Waals surface area contributed by atoms with Crippen molar-refractivity contribution < 1.29 is 4.39 Å². The number of halogens is 2. The van der Waals surface area contributed by atoms with Gasteiger partial charge in [-0.1, -0.05) is 6.07 Å². The normalized spacial score (nSPS) is 9.89. The molecule has 0 saturated carbocycles. The lowest BCUT2D eigenvalue weighted by Crippen LogP contribution is -2.00. The molecule has 0 fully saturated rings. The fraction of sp³-hybridized carbons (Fsp3) is 0.0833. The first-order valence-corrected chi connectivity index (χ1v) is 5.86. The van der Waals surface area contributed by atoms with E-state index in [4.69, 9.17) is 5.26 Å². The van der Waals surface area contributed by atoms with Gasteiger partial charge in [-0.2, -0.15) is 5.26 Å². The molecule has 0 atom stereocenters.